The first-order chi connectivity index (χ1) is 9.83. The number of amides is 1. The molecule has 8 heteroatoms. The maximum atomic E-state index is 11.8. The van der Waals surface area contributed by atoms with Gasteiger partial charge in [-0.1, -0.05) is 29.3 Å². The van der Waals surface area contributed by atoms with E-state index in [1.165, 1.54) is 12.1 Å². The molecule has 0 saturated heterocycles. The average Bonchev–Trinajstić information content (AvgIpc) is 2.41. The molecule has 1 amide bonds. The first kappa shape index (κ1) is 17.3. The van der Waals surface area contributed by atoms with Gasteiger partial charge in [-0.2, -0.15) is 0 Å². The van der Waals surface area contributed by atoms with Crippen LogP contribution in [-0.4, -0.2) is 36.1 Å². The Morgan fingerprint density at radius 3 is 2.48 bits per heavy atom. The van der Waals surface area contributed by atoms with Gasteiger partial charge in [-0.25, -0.2) is 4.79 Å². The highest BCUT2D eigenvalue weighted by Gasteiger charge is 2.23. The molecule has 1 atom stereocenters. The van der Waals surface area contributed by atoms with Crippen LogP contribution in [0, 0.1) is 0 Å². The molecule has 0 heterocycles. The van der Waals surface area contributed by atoms with Crippen LogP contribution in [-0.2, 0) is 25.5 Å². The summed E-state index contributed by atoms with van der Waals surface area (Å²) < 4.78 is 4.37. The van der Waals surface area contributed by atoms with E-state index in [1.54, 1.807) is 6.07 Å². The van der Waals surface area contributed by atoms with E-state index < -0.39 is 30.3 Å². The lowest BCUT2D eigenvalue weighted by molar-refractivity contribution is -0.148. The standard InChI is InChI=1S/C13H13Cl2NO5/c1-21-12(18)6-10(13(19)20)16-11(17)5-7-2-3-8(14)9(15)4-7/h2-4,10H,5-6H2,1H3,(H,16,17)(H,19,20)/t10-/m0/s1. The number of ether oxygens (including phenoxy) is 1. The molecule has 1 aromatic rings. The van der Waals surface area contributed by atoms with Gasteiger partial charge in [-0.15, -0.1) is 0 Å². The molecule has 0 spiro atoms. The number of benzene rings is 1. The summed E-state index contributed by atoms with van der Waals surface area (Å²) in [6.45, 7) is 0. The number of carboxylic acids is 1. The highest BCUT2D eigenvalue weighted by atomic mass is 35.5. The summed E-state index contributed by atoms with van der Waals surface area (Å²) in [6, 6.07) is 3.31. The van der Waals surface area contributed by atoms with Crippen molar-refractivity contribution in [3.8, 4) is 0 Å². The second kappa shape index (κ2) is 7.85. The fourth-order valence-corrected chi connectivity index (χ4v) is 1.85. The first-order valence-electron chi connectivity index (χ1n) is 5.86. The molecule has 1 rings (SSSR count). The third kappa shape index (κ3) is 5.61. The van der Waals surface area contributed by atoms with E-state index in [-0.39, 0.29) is 6.42 Å². The molecular formula is C13H13Cl2NO5. The summed E-state index contributed by atoms with van der Waals surface area (Å²) in [6.07, 6.45) is -0.527. The Balaban J connectivity index is 2.67. The van der Waals surface area contributed by atoms with Crippen molar-refractivity contribution in [1.29, 1.82) is 0 Å². The monoisotopic (exact) mass is 333 g/mol. The van der Waals surface area contributed by atoms with Gasteiger partial charge in [0.05, 0.1) is 30.0 Å². The number of nitrogens with one attached hydrogen (secondary N) is 1. The smallest absolute Gasteiger partial charge is 0.326 e. The van der Waals surface area contributed by atoms with Crippen molar-refractivity contribution in [1.82, 2.24) is 5.32 Å². The Kier molecular flexibility index (Phi) is 6.45. The summed E-state index contributed by atoms with van der Waals surface area (Å²) in [4.78, 5) is 33.8. The van der Waals surface area contributed by atoms with E-state index in [4.69, 9.17) is 28.3 Å². The minimum atomic E-state index is -1.34. The average molecular weight is 334 g/mol. The first-order valence-corrected chi connectivity index (χ1v) is 6.62. The van der Waals surface area contributed by atoms with E-state index in [0.717, 1.165) is 7.11 Å². The van der Waals surface area contributed by atoms with Gasteiger partial charge in [0.1, 0.15) is 6.04 Å². The number of halogens is 2. The number of methoxy groups -OCH3 is 1. The SMILES string of the molecule is COC(=O)C[C@H](NC(=O)Cc1ccc(Cl)c(Cl)c1)C(=O)O. The minimum absolute atomic E-state index is 0.0815. The number of aliphatic carboxylic acids is 1. The van der Waals surface area contributed by atoms with Gasteiger partial charge in [-0.05, 0) is 17.7 Å². The molecule has 0 aliphatic heterocycles. The van der Waals surface area contributed by atoms with Gasteiger partial charge in [0.2, 0.25) is 5.91 Å². The molecule has 2 N–H and O–H groups in total. The number of rotatable bonds is 6. The highest BCUT2D eigenvalue weighted by Crippen LogP contribution is 2.22. The van der Waals surface area contributed by atoms with Crippen LogP contribution in [0.3, 0.4) is 0 Å². The van der Waals surface area contributed by atoms with Gasteiger partial charge in [0.25, 0.3) is 0 Å². The molecule has 0 saturated carbocycles. The Labute approximate surface area is 131 Å². The Morgan fingerprint density at radius 1 is 1.29 bits per heavy atom. The van der Waals surface area contributed by atoms with Crippen molar-refractivity contribution >= 4 is 41.0 Å². The maximum absolute atomic E-state index is 11.8. The zero-order chi connectivity index (χ0) is 16.0. The van der Waals surface area contributed by atoms with E-state index in [2.05, 4.69) is 10.1 Å². The molecule has 0 aliphatic rings. The number of carbonyl (C=O) groups is 3. The Morgan fingerprint density at radius 2 is 1.95 bits per heavy atom. The van der Waals surface area contributed by atoms with Gasteiger partial charge < -0.3 is 15.2 Å². The molecule has 0 radical (unpaired) electrons. The van der Waals surface area contributed by atoms with Crippen LogP contribution in [0.15, 0.2) is 18.2 Å². The molecular weight excluding hydrogens is 321 g/mol. The van der Waals surface area contributed by atoms with Crippen LogP contribution in [0.25, 0.3) is 0 Å². The summed E-state index contributed by atoms with van der Waals surface area (Å²) in [5.74, 6) is -2.59. The minimum Gasteiger partial charge on any atom is -0.480 e. The maximum Gasteiger partial charge on any atom is 0.326 e. The third-order valence-corrected chi connectivity index (χ3v) is 3.32. The van der Waals surface area contributed by atoms with Crippen LogP contribution >= 0.6 is 23.2 Å². The molecule has 1 aromatic carbocycles. The predicted octanol–water partition coefficient (Wildman–Crippen LogP) is 1.67. The fraction of sp³-hybridized carbons (Fsp3) is 0.308. The number of esters is 1. The zero-order valence-electron chi connectivity index (χ0n) is 11.1. The molecule has 0 unspecified atom stereocenters. The van der Waals surface area contributed by atoms with Crippen LogP contribution in [0.1, 0.15) is 12.0 Å². The third-order valence-electron chi connectivity index (χ3n) is 2.58. The van der Waals surface area contributed by atoms with Crippen LogP contribution < -0.4 is 5.32 Å². The summed E-state index contributed by atoms with van der Waals surface area (Å²) in [5, 5.41) is 11.9. The Hall–Kier alpha value is -1.79. The lowest BCUT2D eigenvalue weighted by Crippen LogP contribution is -2.43. The number of carbonyl (C=O) groups excluding carboxylic acids is 2. The van der Waals surface area contributed by atoms with Gasteiger partial charge in [0, 0.05) is 0 Å². The van der Waals surface area contributed by atoms with E-state index >= 15 is 0 Å². The zero-order valence-corrected chi connectivity index (χ0v) is 12.6. The lowest BCUT2D eigenvalue weighted by atomic mass is 10.1. The topological polar surface area (TPSA) is 92.7 Å². The molecule has 0 aromatic heterocycles. The number of hydrogen-bond donors (Lipinski definition) is 2. The van der Waals surface area contributed by atoms with Crippen molar-refractivity contribution in [3.05, 3.63) is 33.8 Å². The number of hydrogen-bond acceptors (Lipinski definition) is 4. The molecule has 0 fully saturated rings. The van der Waals surface area contributed by atoms with Crippen LogP contribution in [0.2, 0.25) is 10.0 Å². The lowest BCUT2D eigenvalue weighted by Gasteiger charge is -2.13. The molecule has 21 heavy (non-hydrogen) atoms. The highest BCUT2D eigenvalue weighted by molar-refractivity contribution is 6.42. The van der Waals surface area contributed by atoms with Crippen LogP contribution in [0.5, 0.6) is 0 Å². The normalized spacial score (nSPS) is 11.6. The van der Waals surface area contributed by atoms with Gasteiger partial charge in [0.15, 0.2) is 0 Å². The largest absolute Gasteiger partial charge is 0.480 e. The van der Waals surface area contributed by atoms with Crippen molar-refractivity contribution < 1.29 is 24.2 Å². The Bertz CT molecular complexity index is 561. The van der Waals surface area contributed by atoms with E-state index in [1.807, 2.05) is 0 Å². The van der Waals surface area contributed by atoms with Crippen LogP contribution in [0.4, 0.5) is 0 Å². The van der Waals surface area contributed by atoms with Gasteiger partial charge in [-0.3, -0.25) is 9.59 Å². The van der Waals surface area contributed by atoms with Crippen molar-refractivity contribution in [3.63, 3.8) is 0 Å². The quantitative estimate of drug-likeness (QED) is 0.772. The van der Waals surface area contributed by atoms with Crippen molar-refractivity contribution in [2.75, 3.05) is 7.11 Å². The fourth-order valence-electron chi connectivity index (χ4n) is 1.53. The van der Waals surface area contributed by atoms with Crippen molar-refractivity contribution in [2.24, 2.45) is 0 Å². The predicted molar refractivity (Wildman–Crippen MR) is 76.4 cm³/mol. The second-order valence-corrected chi connectivity index (χ2v) is 4.98. The second-order valence-electron chi connectivity index (χ2n) is 4.16. The van der Waals surface area contributed by atoms with Gasteiger partial charge >= 0.3 is 11.9 Å². The van der Waals surface area contributed by atoms with E-state index in [0.29, 0.717) is 15.6 Å². The summed E-state index contributed by atoms with van der Waals surface area (Å²) in [7, 11) is 1.14. The molecule has 0 aliphatic carbocycles. The summed E-state index contributed by atoms with van der Waals surface area (Å²) >= 11 is 11.6. The molecule has 114 valence electrons. The van der Waals surface area contributed by atoms with Crippen molar-refractivity contribution in [2.45, 2.75) is 18.9 Å². The van der Waals surface area contributed by atoms with E-state index in [9.17, 15) is 14.4 Å². The molecule has 0 bridgehead atoms. The summed E-state index contributed by atoms with van der Waals surface area (Å²) in [5.41, 5.74) is 0.573. The number of carboxylic acid groups (broad SMARTS) is 1. The molecule has 6 nitrogen and oxygen atoms in total.